The van der Waals surface area contributed by atoms with Crippen molar-refractivity contribution in [2.45, 2.75) is 0 Å². The summed E-state index contributed by atoms with van der Waals surface area (Å²) < 4.78 is 18.0. The molecule has 1 N–H and O–H groups in total. The third-order valence-corrected chi connectivity index (χ3v) is 5.63. The zero-order valence-corrected chi connectivity index (χ0v) is 21.1. The smallest absolute Gasteiger partial charge is 0.248 e. The molecule has 2 aromatic heterocycles. The number of anilines is 1. The fraction of sp³-hybridized carbons (Fsp3) is 0.0968. The molecule has 5 aromatic rings. The first-order valence-corrected chi connectivity index (χ1v) is 12.1. The summed E-state index contributed by atoms with van der Waals surface area (Å²) in [4.78, 5) is 18.9. The summed E-state index contributed by atoms with van der Waals surface area (Å²) in [6.45, 7) is 0.683. The van der Waals surface area contributed by atoms with E-state index in [0.29, 0.717) is 40.6 Å². The number of hydrogen-bond acceptors (Lipinski definition) is 6. The largest absolute Gasteiger partial charge is 0.459 e. The fourth-order valence-corrected chi connectivity index (χ4v) is 3.83. The van der Waals surface area contributed by atoms with Crippen molar-refractivity contribution in [2.24, 2.45) is 0 Å². The maximum Gasteiger partial charge on any atom is 0.248 e. The number of pyridine rings is 1. The van der Waals surface area contributed by atoms with Crippen molar-refractivity contribution in [1.29, 1.82) is 0 Å². The van der Waals surface area contributed by atoms with Gasteiger partial charge in [-0.3, -0.25) is 9.78 Å². The van der Waals surface area contributed by atoms with Crippen molar-refractivity contribution in [3.63, 3.8) is 0 Å². The number of fused-ring (bicyclic) bond motifs is 1. The Kier molecular flexibility index (Phi) is 7.47. The predicted molar refractivity (Wildman–Crippen MR) is 149 cm³/mol. The molecule has 0 aliphatic carbocycles. The number of aromatic nitrogens is 1. The number of furan rings is 1. The Balaban J connectivity index is 1.40. The molecule has 0 radical (unpaired) electrons. The van der Waals surface area contributed by atoms with Gasteiger partial charge in [0, 0.05) is 36.1 Å². The van der Waals surface area contributed by atoms with E-state index >= 15 is 0 Å². The van der Waals surface area contributed by atoms with Crippen molar-refractivity contribution < 1.29 is 18.7 Å². The van der Waals surface area contributed by atoms with Crippen LogP contribution in [-0.4, -0.2) is 36.4 Å². The van der Waals surface area contributed by atoms with E-state index in [1.165, 1.54) is 6.08 Å². The molecular formula is C31H27N3O4. The third-order valence-electron chi connectivity index (χ3n) is 5.63. The highest BCUT2D eigenvalue weighted by Crippen LogP contribution is 2.40. The molecule has 3 aromatic carbocycles. The van der Waals surface area contributed by atoms with Gasteiger partial charge < -0.3 is 24.1 Å². The quantitative estimate of drug-likeness (QED) is 0.215. The fourth-order valence-electron chi connectivity index (χ4n) is 3.83. The van der Waals surface area contributed by atoms with Gasteiger partial charge in [-0.1, -0.05) is 36.4 Å². The first-order chi connectivity index (χ1) is 18.5. The summed E-state index contributed by atoms with van der Waals surface area (Å²) in [6, 6.07) is 26.3. The minimum atomic E-state index is -0.196. The number of carbonyl (C=O) groups is 1. The number of hydrogen-bond donors (Lipinski definition) is 1. The monoisotopic (exact) mass is 505 g/mol. The SMILES string of the molecule is CN(C)CC=CC(=O)Nc1cccc(-c2cnc3ccoc3c2Oc2ccc(Oc3ccccc3)cc2)c1. The van der Waals surface area contributed by atoms with Crippen LogP contribution in [0.25, 0.3) is 22.2 Å². The summed E-state index contributed by atoms with van der Waals surface area (Å²) in [5, 5.41) is 2.91. The number of likely N-dealkylation sites (N-methyl/N-ethyl adjacent to an activating group) is 1. The Morgan fingerprint density at radius 1 is 0.921 bits per heavy atom. The number of rotatable bonds is 9. The molecule has 5 rings (SSSR count). The number of benzene rings is 3. The molecule has 0 saturated heterocycles. The van der Waals surface area contributed by atoms with Gasteiger partial charge in [0.25, 0.3) is 0 Å². The molecule has 0 aliphatic heterocycles. The molecule has 190 valence electrons. The molecule has 0 spiro atoms. The average Bonchev–Trinajstić information content (AvgIpc) is 3.40. The number of carbonyl (C=O) groups excluding carboxylic acids is 1. The van der Waals surface area contributed by atoms with Crippen LogP contribution >= 0.6 is 0 Å². The molecule has 2 heterocycles. The van der Waals surface area contributed by atoms with Gasteiger partial charge in [-0.2, -0.15) is 0 Å². The Bertz CT molecular complexity index is 1560. The lowest BCUT2D eigenvalue weighted by Gasteiger charge is -2.13. The van der Waals surface area contributed by atoms with Crippen molar-refractivity contribution in [1.82, 2.24) is 9.88 Å². The molecule has 0 saturated carbocycles. The van der Waals surface area contributed by atoms with Gasteiger partial charge in [-0.25, -0.2) is 0 Å². The van der Waals surface area contributed by atoms with E-state index in [1.807, 2.05) is 104 Å². The van der Waals surface area contributed by atoms with Crippen molar-refractivity contribution in [3.05, 3.63) is 110 Å². The van der Waals surface area contributed by atoms with E-state index in [-0.39, 0.29) is 5.91 Å². The van der Waals surface area contributed by atoms with E-state index < -0.39 is 0 Å². The van der Waals surface area contributed by atoms with Crippen molar-refractivity contribution in [3.8, 4) is 34.1 Å². The molecule has 0 unspecified atom stereocenters. The van der Waals surface area contributed by atoms with Crippen LogP contribution < -0.4 is 14.8 Å². The minimum Gasteiger partial charge on any atom is -0.459 e. The summed E-state index contributed by atoms with van der Waals surface area (Å²) in [6.07, 6.45) is 6.68. The minimum absolute atomic E-state index is 0.196. The van der Waals surface area contributed by atoms with E-state index in [9.17, 15) is 4.79 Å². The molecule has 0 aliphatic rings. The number of amides is 1. The molecule has 38 heavy (non-hydrogen) atoms. The van der Waals surface area contributed by atoms with E-state index in [1.54, 1.807) is 18.5 Å². The maximum absolute atomic E-state index is 12.4. The lowest BCUT2D eigenvalue weighted by molar-refractivity contribution is -0.111. The average molecular weight is 506 g/mol. The van der Waals surface area contributed by atoms with Crippen LogP contribution in [0, 0.1) is 0 Å². The van der Waals surface area contributed by atoms with Gasteiger partial charge in [0.2, 0.25) is 5.91 Å². The highest BCUT2D eigenvalue weighted by Gasteiger charge is 2.17. The van der Waals surface area contributed by atoms with Crippen LogP contribution in [0.5, 0.6) is 23.0 Å². The standard InChI is InChI=1S/C31H27N3O4/c1-34(2)18-7-12-29(35)33-23-9-6-8-22(20-23)27-21-32-28-17-19-36-31(28)30(27)38-26-15-13-25(14-16-26)37-24-10-4-3-5-11-24/h3-17,19-21H,18H2,1-2H3,(H,33,35). The third kappa shape index (κ3) is 6.08. The summed E-state index contributed by atoms with van der Waals surface area (Å²) in [7, 11) is 3.89. The zero-order chi connectivity index (χ0) is 26.3. The number of ether oxygens (including phenoxy) is 2. The maximum atomic E-state index is 12.4. The number of para-hydroxylation sites is 1. The van der Waals surface area contributed by atoms with E-state index in [2.05, 4.69) is 10.3 Å². The number of nitrogens with one attached hydrogen (secondary N) is 1. The van der Waals surface area contributed by atoms with Crippen LogP contribution in [0.2, 0.25) is 0 Å². The normalized spacial score (nSPS) is 11.2. The lowest BCUT2D eigenvalue weighted by Crippen LogP contribution is -2.12. The van der Waals surface area contributed by atoms with Crippen LogP contribution in [0.4, 0.5) is 5.69 Å². The summed E-state index contributed by atoms with van der Waals surface area (Å²) in [5.74, 6) is 2.41. The number of nitrogens with zero attached hydrogens (tertiary/aromatic N) is 2. The van der Waals surface area contributed by atoms with Crippen LogP contribution in [0.1, 0.15) is 0 Å². The van der Waals surface area contributed by atoms with Gasteiger partial charge in [0.15, 0.2) is 11.3 Å². The molecule has 7 heteroatoms. The second kappa shape index (κ2) is 11.5. The Morgan fingerprint density at radius 3 is 2.42 bits per heavy atom. The molecule has 7 nitrogen and oxygen atoms in total. The van der Waals surface area contributed by atoms with Crippen molar-refractivity contribution in [2.75, 3.05) is 26.0 Å². The highest BCUT2D eigenvalue weighted by molar-refractivity contribution is 6.00. The molecule has 0 fully saturated rings. The Hall–Kier alpha value is -4.88. The highest BCUT2D eigenvalue weighted by atomic mass is 16.5. The first-order valence-electron chi connectivity index (χ1n) is 12.1. The van der Waals surface area contributed by atoms with Crippen molar-refractivity contribution >= 4 is 22.7 Å². The van der Waals surface area contributed by atoms with E-state index in [4.69, 9.17) is 13.9 Å². The van der Waals surface area contributed by atoms with Gasteiger partial charge >= 0.3 is 0 Å². The Labute approximate surface area is 220 Å². The summed E-state index contributed by atoms with van der Waals surface area (Å²) in [5.41, 5.74) is 3.44. The second-order valence-electron chi connectivity index (χ2n) is 8.86. The molecule has 1 amide bonds. The van der Waals surface area contributed by atoms with Crippen LogP contribution in [0.15, 0.2) is 114 Å². The van der Waals surface area contributed by atoms with Crippen LogP contribution in [-0.2, 0) is 4.79 Å². The lowest BCUT2D eigenvalue weighted by atomic mass is 10.1. The summed E-state index contributed by atoms with van der Waals surface area (Å²) >= 11 is 0. The predicted octanol–water partition coefficient (Wildman–Crippen LogP) is 7.14. The molecule has 0 atom stereocenters. The Morgan fingerprint density at radius 2 is 1.66 bits per heavy atom. The molecule has 0 bridgehead atoms. The van der Waals surface area contributed by atoms with Gasteiger partial charge in [-0.15, -0.1) is 0 Å². The van der Waals surface area contributed by atoms with Gasteiger partial charge in [0.05, 0.1) is 6.26 Å². The zero-order valence-electron chi connectivity index (χ0n) is 21.1. The van der Waals surface area contributed by atoms with Crippen LogP contribution in [0.3, 0.4) is 0 Å². The molecular weight excluding hydrogens is 478 g/mol. The second-order valence-corrected chi connectivity index (χ2v) is 8.86. The van der Waals surface area contributed by atoms with Gasteiger partial charge in [-0.05, 0) is 68.2 Å². The van der Waals surface area contributed by atoms with E-state index in [0.717, 1.165) is 16.9 Å². The van der Waals surface area contributed by atoms with Gasteiger partial charge in [0.1, 0.15) is 22.8 Å². The first kappa shape index (κ1) is 24.8. The topological polar surface area (TPSA) is 76.8 Å².